The van der Waals surface area contributed by atoms with E-state index in [2.05, 4.69) is 31.6 Å². The molecular formula is C6H6BrN3O2. The van der Waals surface area contributed by atoms with Crippen molar-refractivity contribution in [2.45, 2.75) is 0 Å². The maximum Gasteiger partial charge on any atom is 0.360 e. The van der Waals surface area contributed by atoms with Crippen LogP contribution in [-0.4, -0.2) is 11.0 Å². The third kappa shape index (κ3) is 1.72. The molecule has 0 aliphatic rings. The van der Waals surface area contributed by atoms with Crippen LogP contribution in [0, 0.1) is 0 Å². The number of halogens is 1. The summed E-state index contributed by atoms with van der Waals surface area (Å²) in [6.45, 7) is 0. The van der Waals surface area contributed by atoms with E-state index in [9.17, 15) is 4.79 Å². The summed E-state index contributed by atoms with van der Waals surface area (Å²) in [4.78, 5) is 18.6. The lowest BCUT2D eigenvalue weighted by Gasteiger charge is -2.01. The number of carbonyl (C=O) groups is 1. The van der Waals surface area contributed by atoms with Crippen molar-refractivity contribution in [2.75, 3.05) is 5.73 Å². The first-order valence-electron chi connectivity index (χ1n) is 2.97. The van der Waals surface area contributed by atoms with E-state index in [4.69, 9.17) is 5.73 Å². The second kappa shape index (κ2) is 3.51. The predicted molar refractivity (Wildman–Crippen MR) is 46.0 cm³/mol. The van der Waals surface area contributed by atoms with E-state index >= 15 is 0 Å². The summed E-state index contributed by atoms with van der Waals surface area (Å²) in [6, 6.07) is 1.48. The Labute approximate surface area is 76.8 Å². The van der Waals surface area contributed by atoms with Gasteiger partial charge in [-0.3, -0.25) is 0 Å². The summed E-state index contributed by atoms with van der Waals surface area (Å²) in [5.74, 6) is 4.06. The Balaban J connectivity index is 3.13. The number of nitrogens with zero attached hydrogens (tertiary/aromatic N) is 1. The van der Waals surface area contributed by atoms with Crippen LogP contribution >= 0.6 is 15.9 Å². The molecule has 64 valence electrons. The van der Waals surface area contributed by atoms with Gasteiger partial charge < -0.3 is 10.6 Å². The van der Waals surface area contributed by atoms with Crippen LogP contribution < -0.4 is 11.6 Å². The monoisotopic (exact) mass is 231 g/mol. The molecule has 0 aliphatic carbocycles. The number of pyridine rings is 1. The van der Waals surface area contributed by atoms with E-state index in [1.165, 1.54) is 12.3 Å². The molecule has 5 nitrogen and oxygen atoms in total. The summed E-state index contributed by atoms with van der Waals surface area (Å²) < 4.78 is 0.636. The van der Waals surface area contributed by atoms with Gasteiger partial charge in [-0.1, -0.05) is 0 Å². The minimum absolute atomic E-state index is 0.0913. The number of hydrogen-bond acceptors (Lipinski definition) is 5. The van der Waals surface area contributed by atoms with Gasteiger partial charge in [0.25, 0.3) is 0 Å². The number of hydrogen-bond donors (Lipinski definition) is 2. The zero-order chi connectivity index (χ0) is 9.14. The third-order valence-electron chi connectivity index (χ3n) is 1.21. The fourth-order valence-corrected chi connectivity index (χ4v) is 1.01. The normalized spacial score (nSPS) is 9.50. The van der Waals surface area contributed by atoms with E-state index in [0.717, 1.165) is 0 Å². The van der Waals surface area contributed by atoms with Gasteiger partial charge >= 0.3 is 5.97 Å². The minimum atomic E-state index is -0.707. The second-order valence-electron chi connectivity index (χ2n) is 1.99. The van der Waals surface area contributed by atoms with Crippen LogP contribution in [0.25, 0.3) is 0 Å². The molecule has 1 heterocycles. The summed E-state index contributed by atoms with van der Waals surface area (Å²) in [7, 11) is 0. The molecule has 0 radical (unpaired) electrons. The summed E-state index contributed by atoms with van der Waals surface area (Å²) in [6.07, 6.45) is 1.47. The Morgan fingerprint density at radius 2 is 2.33 bits per heavy atom. The van der Waals surface area contributed by atoms with Crippen LogP contribution in [0.1, 0.15) is 10.4 Å². The molecule has 1 rings (SSSR count). The van der Waals surface area contributed by atoms with Crippen molar-refractivity contribution in [3.05, 3.63) is 22.3 Å². The van der Waals surface area contributed by atoms with Crippen molar-refractivity contribution < 1.29 is 9.63 Å². The van der Waals surface area contributed by atoms with Gasteiger partial charge in [0.15, 0.2) is 0 Å². The minimum Gasteiger partial charge on any atom is -0.383 e. The molecule has 0 atom stereocenters. The van der Waals surface area contributed by atoms with E-state index in [0.29, 0.717) is 4.47 Å². The van der Waals surface area contributed by atoms with Gasteiger partial charge in [0.05, 0.1) is 0 Å². The molecule has 4 N–H and O–H groups in total. The van der Waals surface area contributed by atoms with Gasteiger partial charge in [0.2, 0.25) is 0 Å². The Morgan fingerprint density at radius 3 is 2.92 bits per heavy atom. The Kier molecular flexibility index (Phi) is 2.61. The maximum atomic E-state index is 10.9. The van der Waals surface area contributed by atoms with Crippen molar-refractivity contribution in [1.29, 1.82) is 0 Å². The van der Waals surface area contributed by atoms with E-state index < -0.39 is 5.97 Å². The highest BCUT2D eigenvalue weighted by Gasteiger charge is 2.11. The average Bonchev–Trinajstić information content (AvgIpc) is 2.08. The van der Waals surface area contributed by atoms with Gasteiger partial charge in [-0.2, -0.15) is 5.90 Å². The first-order chi connectivity index (χ1) is 5.65. The maximum absolute atomic E-state index is 10.9. The molecule has 0 saturated carbocycles. The molecule has 0 fully saturated rings. The topological polar surface area (TPSA) is 91.2 Å². The number of nitrogen functional groups attached to an aromatic ring is 1. The standard InChI is InChI=1S/C6H6BrN3O2/c7-3-1-4(6(11)12-9)5(8)10-2-3/h1-2H,9H2,(H2,8,10). The van der Waals surface area contributed by atoms with E-state index in [1.54, 1.807) is 0 Å². The summed E-state index contributed by atoms with van der Waals surface area (Å²) >= 11 is 3.13. The molecule has 6 heteroatoms. The number of anilines is 1. The molecule has 0 aromatic carbocycles. The van der Waals surface area contributed by atoms with E-state index in [-0.39, 0.29) is 11.4 Å². The lowest BCUT2D eigenvalue weighted by atomic mass is 10.2. The molecular weight excluding hydrogens is 226 g/mol. The molecule has 0 spiro atoms. The van der Waals surface area contributed by atoms with Crippen LogP contribution in [0.3, 0.4) is 0 Å². The first-order valence-corrected chi connectivity index (χ1v) is 3.76. The van der Waals surface area contributed by atoms with Gasteiger partial charge in [-0.25, -0.2) is 9.78 Å². The molecule has 0 amide bonds. The molecule has 1 aromatic rings. The third-order valence-corrected chi connectivity index (χ3v) is 1.65. The predicted octanol–water partition coefficient (Wildman–Crippen LogP) is 0.457. The smallest absolute Gasteiger partial charge is 0.360 e. The van der Waals surface area contributed by atoms with Crippen LogP contribution in [0.5, 0.6) is 0 Å². The summed E-state index contributed by atoms with van der Waals surface area (Å²) in [5, 5.41) is 0. The van der Waals surface area contributed by atoms with Gasteiger partial charge in [-0.05, 0) is 22.0 Å². The fourth-order valence-electron chi connectivity index (χ4n) is 0.677. The Bertz CT molecular complexity index is 316. The van der Waals surface area contributed by atoms with Crippen molar-refractivity contribution in [3.63, 3.8) is 0 Å². The van der Waals surface area contributed by atoms with Crippen LogP contribution in [0.4, 0.5) is 5.82 Å². The lowest BCUT2D eigenvalue weighted by Crippen LogP contribution is -2.13. The van der Waals surface area contributed by atoms with Crippen molar-refractivity contribution in [1.82, 2.24) is 4.98 Å². The molecule has 0 bridgehead atoms. The van der Waals surface area contributed by atoms with Crippen LogP contribution in [0.2, 0.25) is 0 Å². The Hall–Kier alpha value is -1.14. The van der Waals surface area contributed by atoms with Crippen LogP contribution in [0.15, 0.2) is 16.7 Å². The van der Waals surface area contributed by atoms with Gasteiger partial charge in [-0.15, -0.1) is 0 Å². The van der Waals surface area contributed by atoms with Crippen molar-refractivity contribution in [2.24, 2.45) is 5.90 Å². The molecule has 1 aromatic heterocycles. The van der Waals surface area contributed by atoms with Crippen LogP contribution in [-0.2, 0) is 4.84 Å². The Morgan fingerprint density at radius 1 is 1.67 bits per heavy atom. The second-order valence-corrected chi connectivity index (χ2v) is 2.91. The largest absolute Gasteiger partial charge is 0.383 e. The zero-order valence-electron chi connectivity index (χ0n) is 5.95. The molecule has 12 heavy (non-hydrogen) atoms. The highest BCUT2D eigenvalue weighted by molar-refractivity contribution is 9.10. The highest BCUT2D eigenvalue weighted by atomic mass is 79.9. The number of rotatable bonds is 1. The van der Waals surface area contributed by atoms with Crippen molar-refractivity contribution >= 4 is 27.7 Å². The van der Waals surface area contributed by atoms with Gasteiger partial charge in [0, 0.05) is 10.7 Å². The highest BCUT2D eigenvalue weighted by Crippen LogP contribution is 2.15. The average molecular weight is 232 g/mol. The first kappa shape index (κ1) is 8.95. The summed E-state index contributed by atoms with van der Waals surface area (Å²) in [5.41, 5.74) is 5.52. The van der Waals surface area contributed by atoms with Crippen molar-refractivity contribution in [3.8, 4) is 0 Å². The fraction of sp³-hybridized carbons (Fsp3) is 0. The van der Waals surface area contributed by atoms with Gasteiger partial charge in [0.1, 0.15) is 11.4 Å². The quantitative estimate of drug-likeness (QED) is 0.686. The lowest BCUT2D eigenvalue weighted by molar-refractivity contribution is 0.0504. The molecule has 0 unspecified atom stereocenters. The zero-order valence-corrected chi connectivity index (χ0v) is 7.54. The van der Waals surface area contributed by atoms with E-state index in [1.807, 2.05) is 0 Å². The SMILES string of the molecule is NOC(=O)c1cc(Br)cnc1N. The number of aromatic nitrogens is 1. The molecule has 0 aliphatic heterocycles. The molecule has 0 saturated heterocycles. The number of carbonyl (C=O) groups excluding carboxylic acids is 1. The number of nitrogens with two attached hydrogens (primary N) is 2.